The van der Waals surface area contributed by atoms with Gasteiger partial charge in [-0.05, 0) is 54.8 Å². The molecule has 0 saturated heterocycles. The van der Waals surface area contributed by atoms with E-state index in [0.717, 1.165) is 33.3 Å². The number of aryl methyl sites for hydroxylation is 2. The van der Waals surface area contributed by atoms with Crippen molar-refractivity contribution in [2.24, 2.45) is 7.05 Å². The summed E-state index contributed by atoms with van der Waals surface area (Å²) in [6, 6.07) is 28.4. The molecule has 4 aromatic carbocycles. The molecule has 1 amide bonds. The Balaban J connectivity index is 1.46. The van der Waals surface area contributed by atoms with E-state index in [9.17, 15) is 14.7 Å². The number of para-hydroxylation sites is 2. The summed E-state index contributed by atoms with van der Waals surface area (Å²) in [7, 11) is 4.81. The van der Waals surface area contributed by atoms with Crippen molar-refractivity contribution in [1.29, 1.82) is 0 Å². The minimum absolute atomic E-state index is 0.0382. The summed E-state index contributed by atoms with van der Waals surface area (Å²) in [4.78, 5) is 30.9. The fourth-order valence-corrected chi connectivity index (χ4v) is 6.12. The molecule has 2 heterocycles. The standard InChI is InChI=1S/C37H35N3O5/c1-22-13-15-23(16-14-22)32(33-35(41)27-10-6-8-12-30(27)40(2)37(33)43)34-26(25-9-5-7-11-29(25)39-34)19-20-38-36(42)28-18-17-24(44-3)21-31(28)45-4/h5-18,21,32,39,41H,19-20H2,1-4H3,(H,38,42). The maximum Gasteiger partial charge on any atom is 0.258 e. The Morgan fingerprint density at radius 2 is 1.64 bits per heavy atom. The minimum atomic E-state index is -0.603. The number of hydrogen-bond acceptors (Lipinski definition) is 5. The van der Waals surface area contributed by atoms with E-state index in [1.165, 1.54) is 7.11 Å². The van der Waals surface area contributed by atoms with Crippen molar-refractivity contribution < 1.29 is 19.4 Å². The summed E-state index contributed by atoms with van der Waals surface area (Å²) in [6.45, 7) is 2.34. The van der Waals surface area contributed by atoms with Gasteiger partial charge in [-0.15, -0.1) is 0 Å². The molecular formula is C37H35N3O5. The van der Waals surface area contributed by atoms with Crippen molar-refractivity contribution >= 4 is 27.7 Å². The molecular weight excluding hydrogens is 566 g/mol. The third-order valence-electron chi connectivity index (χ3n) is 8.46. The summed E-state index contributed by atoms with van der Waals surface area (Å²) in [5, 5.41) is 16.3. The van der Waals surface area contributed by atoms with Crippen molar-refractivity contribution in [3.63, 3.8) is 0 Å². The molecule has 1 unspecified atom stereocenters. The number of pyridine rings is 1. The van der Waals surface area contributed by atoms with Crippen LogP contribution in [0.1, 0.15) is 44.2 Å². The van der Waals surface area contributed by atoms with Crippen molar-refractivity contribution in [2.45, 2.75) is 19.3 Å². The second-order valence-corrected chi connectivity index (χ2v) is 11.1. The lowest BCUT2D eigenvalue weighted by Gasteiger charge is -2.22. The zero-order chi connectivity index (χ0) is 31.7. The molecule has 0 spiro atoms. The lowest BCUT2D eigenvalue weighted by atomic mass is 9.85. The average Bonchev–Trinajstić information content (AvgIpc) is 3.43. The molecule has 1 atom stereocenters. The Morgan fingerprint density at radius 1 is 0.933 bits per heavy atom. The number of hydrogen-bond donors (Lipinski definition) is 3. The van der Waals surface area contributed by atoms with Gasteiger partial charge in [-0.1, -0.05) is 60.2 Å². The number of carbonyl (C=O) groups excluding carboxylic acids is 1. The molecule has 2 aromatic heterocycles. The number of methoxy groups -OCH3 is 2. The first kappa shape index (κ1) is 29.6. The molecule has 0 aliphatic heterocycles. The topological polar surface area (TPSA) is 106 Å². The van der Waals surface area contributed by atoms with Gasteiger partial charge in [0.2, 0.25) is 0 Å². The number of aromatic hydroxyl groups is 1. The first-order valence-corrected chi connectivity index (χ1v) is 14.8. The Hall–Kier alpha value is -5.50. The quantitative estimate of drug-likeness (QED) is 0.183. The molecule has 8 heteroatoms. The van der Waals surface area contributed by atoms with Gasteiger partial charge in [-0.2, -0.15) is 0 Å². The zero-order valence-corrected chi connectivity index (χ0v) is 25.7. The second kappa shape index (κ2) is 12.2. The highest BCUT2D eigenvalue weighted by atomic mass is 16.5. The fraction of sp³-hybridized carbons (Fsp3) is 0.189. The van der Waals surface area contributed by atoms with E-state index in [1.54, 1.807) is 36.9 Å². The summed E-state index contributed by atoms with van der Waals surface area (Å²) in [6.07, 6.45) is 0.473. The van der Waals surface area contributed by atoms with Crippen LogP contribution in [-0.4, -0.2) is 41.3 Å². The molecule has 6 rings (SSSR count). The van der Waals surface area contributed by atoms with Gasteiger partial charge in [0, 0.05) is 41.6 Å². The number of nitrogens with zero attached hydrogens (tertiary/aromatic N) is 1. The van der Waals surface area contributed by atoms with Crippen molar-refractivity contribution in [1.82, 2.24) is 14.9 Å². The van der Waals surface area contributed by atoms with Gasteiger partial charge in [-0.3, -0.25) is 9.59 Å². The molecule has 8 nitrogen and oxygen atoms in total. The Kier molecular flexibility index (Phi) is 8.04. The normalized spacial score (nSPS) is 11.9. The van der Waals surface area contributed by atoms with Crippen molar-refractivity contribution in [2.75, 3.05) is 20.8 Å². The number of aromatic amines is 1. The van der Waals surface area contributed by atoms with Gasteiger partial charge in [0.15, 0.2) is 0 Å². The smallest absolute Gasteiger partial charge is 0.258 e. The third kappa shape index (κ3) is 5.40. The van der Waals surface area contributed by atoms with Gasteiger partial charge < -0.3 is 29.4 Å². The highest BCUT2D eigenvalue weighted by molar-refractivity contribution is 5.97. The number of aromatic nitrogens is 2. The van der Waals surface area contributed by atoms with Gasteiger partial charge in [0.25, 0.3) is 11.5 Å². The third-order valence-corrected chi connectivity index (χ3v) is 8.46. The van der Waals surface area contributed by atoms with Crippen LogP contribution < -0.4 is 20.3 Å². The lowest BCUT2D eigenvalue weighted by molar-refractivity contribution is 0.0951. The molecule has 0 radical (unpaired) electrons. The van der Waals surface area contributed by atoms with E-state index in [2.05, 4.69) is 10.3 Å². The highest BCUT2D eigenvalue weighted by Crippen LogP contribution is 2.41. The summed E-state index contributed by atoms with van der Waals surface area (Å²) >= 11 is 0. The van der Waals surface area contributed by atoms with E-state index in [1.807, 2.05) is 79.7 Å². The van der Waals surface area contributed by atoms with Crippen LogP contribution in [0.25, 0.3) is 21.8 Å². The lowest BCUT2D eigenvalue weighted by Crippen LogP contribution is -2.27. The Labute approximate surface area is 260 Å². The second-order valence-electron chi connectivity index (χ2n) is 11.1. The molecule has 0 saturated carbocycles. The van der Waals surface area contributed by atoms with Crippen LogP contribution in [0, 0.1) is 6.92 Å². The van der Waals surface area contributed by atoms with Crippen LogP contribution in [0.4, 0.5) is 0 Å². The number of carbonyl (C=O) groups is 1. The van der Waals surface area contributed by atoms with Crippen LogP contribution in [0.15, 0.2) is 95.8 Å². The number of benzene rings is 4. The Bertz CT molecular complexity index is 2090. The van der Waals surface area contributed by atoms with E-state index < -0.39 is 5.92 Å². The maximum absolute atomic E-state index is 14.1. The summed E-state index contributed by atoms with van der Waals surface area (Å²) in [5.41, 5.74) is 5.66. The van der Waals surface area contributed by atoms with E-state index in [-0.39, 0.29) is 17.2 Å². The molecule has 6 aromatic rings. The van der Waals surface area contributed by atoms with E-state index >= 15 is 0 Å². The number of nitrogens with one attached hydrogen (secondary N) is 2. The number of fused-ring (bicyclic) bond motifs is 2. The van der Waals surface area contributed by atoms with Crippen molar-refractivity contribution in [3.8, 4) is 17.2 Å². The molecule has 3 N–H and O–H groups in total. The number of H-pyrrole nitrogens is 1. The summed E-state index contributed by atoms with van der Waals surface area (Å²) in [5.74, 6) is 0.100. The highest BCUT2D eigenvalue weighted by Gasteiger charge is 2.30. The van der Waals surface area contributed by atoms with Gasteiger partial charge in [-0.25, -0.2) is 0 Å². The van der Waals surface area contributed by atoms with Gasteiger partial charge in [0.05, 0.1) is 36.8 Å². The number of amides is 1. The molecule has 45 heavy (non-hydrogen) atoms. The monoisotopic (exact) mass is 601 g/mol. The van der Waals surface area contributed by atoms with Gasteiger partial charge in [0.1, 0.15) is 17.2 Å². The van der Waals surface area contributed by atoms with Gasteiger partial charge >= 0.3 is 0 Å². The first-order valence-electron chi connectivity index (χ1n) is 14.8. The molecule has 0 aliphatic carbocycles. The predicted octanol–water partition coefficient (Wildman–Crippen LogP) is 6.20. The summed E-state index contributed by atoms with van der Waals surface area (Å²) < 4.78 is 12.3. The number of rotatable bonds is 9. The van der Waals surface area contributed by atoms with E-state index in [4.69, 9.17) is 9.47 Å². The predicted molar refractivity (Wildman–Crippen MR) is 177 cm³/mol. The molecule has 0 fully saturated rings. The average molecular weight is 602 g/mol. The minimum Gasteiger partial charge on any atom is -0.507 e. The molecule has 0 bridgehead atoms. The zero-order valence-electron chi connectivity index (χ0n) is 25.7. The Morgan fingerprint density at radius 3 is 2.38 bits per heavy atom. The van der Waals surface area contributed by atoms with Crippen LogP contribution in [-0.2, 0) is 13.5 Å². The van der Waals surface area contributed by atoms with Crippen LogP contribution in [0.5, 0.6) is 17.2 Å². The largest absolute Gasteiger partial charge is 0.507 e. The van der Waals surface area contributed by atoms with Crippen molar-refractivity contribution in [3.05, 3.63) is 135 Å². The first-order chi connectivity index (χ1) is 21.8. The SMILES string of the molecule is COc1ccc(C(=O)NCCc2c(C(c3ccc(C)cc3)c3c(O)c4ccccc4n(C)c3=O)[nH]c3ccccc23)c(OC)c1. The van der Waals surface area contributed by atoms with Crippen LogP contribution in [0.2, 0.25) is 0 Å². The fourth-order valence-electron chi connectivity index (χ4n) is 6.12. The molecule has 0 aliphatic rings. The molecule has 228 valence electrons. The number of ether oxygens (including phenoxy) is 2. The van der Waals surface area contributed by atoms with E-state index in [0.29, 0.717) is 46.5 Å². The van der Waals surface area contributed by atoms with Crippen LogP contribution >= 0.6 is 0 Å². The maximum atomic E-state index is 14.1. The van der Waals surface area contributed by atoms with Crippen LogP contribution in [0.3, 0.4) is 0 Å².